The summed E-state index contributed by atoms with van der Waals surface area (Å²) < 4.78 is 0.774. The molecule has 0 fully saturated rings. The Kier molecular flexibility index (Phi) is 4.64. The minimum atomic E-state index is -0.131. The molecule has 3 heteroatoms. The Morgan fingerprint density at radius 3 is 2.10 bits per heavy atom. The lowest BCUT2D eigenvalue weighted by atomic mass is 10.0. The van der Waals surface area contributed by atoms with Gasteiger partial charge in [0.15, 0.2) is 0 Å². The van der Waals surface area contributed by atoms with Gasteiger partial charge in [0.1, 0.15) is 0 Å². The molecule has 0 spiro atoms. The Bertz CT molecular complexity index is 702. The standard InChI is InChI=1S/C18H14Cl2S/c19-17-11-10-16(21-17)18(20)15-8-6-14(7-9-15)12-13-4-2-1-3-5-13/h1-11,18H,12H2. The molecule has 2 aromatic carbocycles. The van der Waals surface area contributed by atoms with Gasteiger partial charge in [-0.1, -0.05) is 66.2 Å². The first-order valence-electron chi connectivity index (χ1n) is 6.74. The van der Waals surface area contributed by atoms with Crippen molar-refractivity contribution in [3.8, 4) is 0 Å². The van der Waals surface area contributed by atoms with E-state index in [2.05, 4.69) is 48.5 Å². The molecule has 1 atom stereocenters. The molecular formula is C18H14Cl2S. The van der Waals surface area contributed by atoms with Crippen LogP contribution in [0.15, 0.2) is 66.7 Å². The minimum absolute atomic E-state index is 0.131. The topological polar surface area (TPSA) is 0 Å². The van der Waals surface area contributed by atoms with Gasteiger partial charge in [-0.25, -0.2) is 0 Å². The quantitative estimate of drug-likeness (QED) is 0.490. The molecule has 1 unspecified atom stereocenters. The zero-order valence-electron chi connectivity index (χ0n) is 11.3. The van der Waals surface area contributed by atoms with E-state index in [4.69, 9.17) is 23.2 Å². The van der Waals surface area contributed by atoms with Crippen LogP contribution in [0.4, 0.5) is 0 Å². The normalized spacial score (nSPS) is 12.3. The monoisotopic (exact) mass is 332 g/mol. The molecule has 0 aliphatic carbocycles. The zero-order valence-corrected chi connectivity index (χ0v) is 13.6. The van der Waals surface area contributed by atoms with Gasteiger partial charge in [-0.2, -0.15) is 0 Å². The number of benzene rings is 2. The van der Waals surface area contributed by atoms with E-state index in [1.54, 1.807) is 0 Å². The number of halogens is 2. The number of hydrogen-bond acceptors (Lipinski definition) is 1. The van der Waals surface area contributed by atoms with Crippen LogP contribution in [0.5, 0.6) is 0 Å². The van der Waals surface area contributed by atoms with Crippen molar-refractivity contribution in [1.82, 2.24) is 0 Å². The van der Waals surface area contributed by atoms with E-state index in [0.29, 0.717) is 0 Å². The molecule has 3 rings (SSSR count). The predicted molar refractivity (Wildman–Crippen MR) is 92.7 cm³/mol. The van der Waals surface area contributed by atoms with Crippen LogP contribution in [0.3, 0.4) is 0 Å². The van der Waals surface area contributed by atoms with Crippen molar-refractivity contribution in [1.29, 1.82) is 0 Å². The molecule has 0 amide bonds. The molecule has 21 heavy (non-hydrogen) atoms. The van der Waals surface area contributed by atoms with E-state index >= 15 is 0 Å². The van der Waals surface area contributed by atoms with Gasteiger partial charge in [0.25, 0.3) is 0 Å². The highest BCUT2D eigenvalue weighted by Crippen LogP contribution is 2.35. The maximum Gasteiger partial charge on any atom is 0.0931 e. The number of thiophene rings is 1. The molecule has 1 aromatic heterocycles. The fraction of sp³-hybridized carbons (Fsp3) is 0.111. The second-order valence-electron chi connectivity index (χ2n) is 4.91. The Labute approximate surface area is 139 Å². The number of rotatable bonds is 4. The molecule has 0 N–H and O–H groups in total. The summed E-state index contributed by atoms with van der Waals surface area (Å²) >= 11 is 14.0. The molecule has 3 aromatic rings. The van der Waals surface area contributed by atoms with Gasteiger partial charge >= 0.3 is 0 Å². The average molecular weight is 333 g/mol. The molecule has 106 valence electrons. The lowest BCUT2D eigenvalue weighted by molar-refractivity contribution is 1.14. The first-order valence-corrected chi connectivity index (χ1v) is 8.37. The molecule has 0 radical (unpaired) electrons. The van der Waals surface area contributed by atoms with Crippen LogP contribution < -0.4 is 0 Å². The maximum absolute atomic E-state index is 6.51. The van der Waals surface area contributed by atoms with Crippen LogP contribution >= 0.6 is 34.5 Å². The fourth-order valence-corrected chi connectivity index (χ4v) is 3.68. The fourth-order valence-electron chi connectivity index (χ4n) is 2.26. The average Bonchev–Trinajstić information content (AvgIpc) is 2.95. The van der Waals surface area contributed by atoms with Crippen LogP contribution in [0.2, 0.25) is 4.34 Å². The van der Waals surface area contributed by atoms with Crippen LogP contribution in [0, 0.1) is 0 Å². The number of hydrogen-bond donors (Lipinski definition) is 0. The first-order chi connectivity index (χ1) is 10.2. The van der Waals surface area contributed by atoms with Crippen LogP contribution in [0.25, 0.3) is 0 Å². The van der Waals surface area contributed by atoms with E-state index in [9.17, 15) is 0 Å². The van der Waals surface area contributed by atoms with E-state index in [1.807, 2.05) is 18.2 Å². The summed E-state index contributed by atoms with van der Waals surface area (Å²) in [6.07, 6.45) is 0.943. The summed E-state index contributed by atoms with van der Waals surface area (Å²) in [4.78, 5) is 1.08. The first kappa shape index (κ1) is 14.6. The van der Waals surface area contributed by atoms with Crippen molar-refractivity contribution in [2.75, 3.05) is 0 Å². The van der Waals surface area contributed by atoms with Crippen molar-refractivity contribution in [3.05, 3.63) is 92.6 Å². The van der Waals surface area contributed by atoms with Gasteiger partial charge < -0.3 is 0 Å². The molecule has 0 bridgehead atoms. The minimum Gasteiger partial charge on any atom is -0.127 e. The highest BCUT2D eigenvalue weighted by atomic mass is 35.5. The van der Waals surface area contributed by atoms with E-state index in [1.165, 1.54) is 22.5 Å². The lowest BCUT2D eigenvalue weighted by Gasteiger charge is -2.09. The maximum atomic E-state index is 6.51. The molecule has 0 saturated heterocycles. The smallest absolute Gasteiger partial charge is 0.0931 e. The molecule has 0 saturated carbocycles. The van der Waals surface area contributed by atoms with Crippen molar-refractivity contribution >= 4 is 34.5 Å². The highest BCUT2D eigenvalue weighted by molar-refractivity contribution is 7.16. The molecular weight excluding hydrogens is 319 g/mol. The third-order valence-corrected chi connectivity index (χ3v) is 5.28. The Hall–Kier alpha value is -1.28. The van der Waals surface area contributed by atoms with Gasteiger partial charge in [0, 0.05) is 4.88 Å². The van der Waals surface area contributed by atoms with Crippen molar-refractivity contribution in [2.45, 2.75) is 11.8 Å². The second kappa shape index (κ2) is 6.65. The Morgan fingerprint density at radius 1 is 0.810 bits per heavy atom. The summed E-state index contributed by atoms with van der Waals surface area (Å²) in [6.45, 7) is 0. The van der Waals surface area contributed by atoms with E-state index < -0.39 is 0 Å². The Morgan fingerprint density at radius 2 is 1.48 bits per heavy atom. The zero-order chi connectivity index (χ0) is 14.7. The molecule has 0 aliphatic heterocycles. The van der Waals surface area contributed by atoms with Gasteiger partial charge in [-0.15, -0.1) is 22.9 Å². The summed E-state index contributed by atoms with van der Waals surface area (Å²) in [7, 11) is 0. The van der Waals surface area contributed by atoms with E-state index in [-0.39, 0.29) is 5.38 Å². The van der Waals surface area contributed by atoms with Gasteiger partial charge in [-0.3, -0.25) is 0 Å². The van der Waals surface area contributed by atoms with Gasteiger partial charge in [0.2, 0.25) is 0 Å². The highest BCUT2D eigenvalue weighted by Gasteiger charge is 2.13. The summed E-state index contributed by atoms with van der Waals surface area (Å²) in [5.41, 5.74) is 3.71. The third-order valence-electron chi connectivity index (χ3n) is 3.37. The SMILES string of the molecule is Clc1ccc(C(Cl)c2ccc(Cc3ccccc3)cc2)s1. The van der Waals surface area contributed by atoms with Crippen LogP contribution in [-0.4, -0.2) is 0 Å². The van der Waals surface area contributed by atoms with Crippen molar-refractivity contribution < 1.29 is 0 Å². The van der Waals surface area contributed by atoms with Crippen molar-refractivity contribution in [3.63, 3.8) is 0 Å². The van der Waals surface area contributed by atoms with E-state index in [0.717, 1.165) is 21.2 Å². The van der Waals surface area contributed by atoms with Gasteiger partial charge in [-0.05, 0) is 35.2 Å². The Balaban J connectivity index is 1.75. The lowest BCUT2D eigenvalue weighted by Crippen LogP contribution is -1.92. The largest absolute Gasteiger partial charge is 0.127 e. The molecule has 0 aliphatic rings. The van der Waals surface area contributed by atoms with Crippen molar-refractivity contribution in [2.24, 2.45) is 0 Å². The third kappa shape index (κ3) is 3.68. The number of alkyl halides is 1. The van der Waals surface area contributed by atoms with Crippen LogP contribution in [0.1, 0.15) is 26.9 Å². The molecule has 0 nitrogen and oxygen atoms in total. The second-order valence-corrected chi connectivity index (χ2v) is 7.09. The summed E-state index contributed by atoms with van der Waals surface area (Å²) in [6, 6.07) is 22.8. The summed E-state index contributed by atoms with van der Waals surface area (Å²) in [5.74, 6) is 0. The molecule has 1 heterocycles. The van der Waals surface area contributed by atoms with Crippen LogP contribution in [-0.2, 0) is 6.42 Å². The summed E-state index contributed by atoms with van der Waals surface area (Å²) in [5, 5.41) is -0.131. The predicted octanol–water partition coefficient (Wildman–Crippen LogP) is 6.32. The van der Waals surface area contributed by atoms with Gasteiger partial charge in [0.05, 0.1) is 9.71 Å².